The van der Waals surface area contributed by atoms with Gasteiger partial charge in [0.2, 0.25) is 9.84 Å². The quantitative estimate of drug-likeness (QED) is 0.510. The van der Waals surface area contributed by atoms with Gasteiger partial charge in [0.1, 0.15) is 5.75 Å². The Hall–Kier alpha value is -0.330. The van der Waals surface area contributed by atoms with Gasteiger partial charge >= 0.3 is 11.2 Å². The second kappa shape index (κ2) is 1.46. The highest BCUT2D eigenvalue weighted by Gasteiger charge is 2.77. The van der Waals surface area contributed by atoms with Gasteiger partial charge in [-0.25, -0.2) is 8.42 Å². The number of hydrogen-bond acceptors (Lipinski definition) is 2. The minimum absolute atomic E-state index is 1.74. The summed E-state index contributed by atoms with van der Waals surface area (Å²) < 4.78 is 66.7. The molecule has 1 heterocycles. The zero-order valence-electron chi connectivity index (χ0n) is 4.44. The van der Waals surface area contributed by atoms with Crippen molar-refractivity contribution in [2.45, 2.75) is 11.2 Å². The van der Waals surface area contributed by atoms with E-state index in [0.29, 0.717) is 0 Å². The standard InChI is InChI=1S/C3H2F4O2S/c4-2(5)1-10(8,9)3(2,6)7/h1H2. The topological polar surface area (TPSA) is 34.1 Å². The molecule has 0 amide bonds. The van der Waals surface area contributed by atoms with E-state index in [0.717, 1.165) is 0 Å². The maximum absolute atomic E-state index is 11.8. The fourth-order valence-electron chi connectivity index (χ4n) is 0.560. The first kappa shape index (κ1) is 7.77. The molecule has 60 valence electrons. The van der Waals surface area contributed by atoms with Crippen molar-refractivity contribution in [2.24, 2.45) is 0 Å². The molecule has 0 radical (unpaired) electrons. The first-order valence-electron chi connectivity index (χ1n) is 2.19. The van der Waals surface area contributed by atoms with E-state index < -0.39 is 26.8 Å². The lowest BCUT2D eigenvalue weighted by molar-refractivity contribution is -0.163. The second-order valence-electron chi connectivity index (χ2n) is 1.98. The molecule has 0 aromatic carbocycles. The molecule has 10 heavy (non-hydrogen) atoms. The lowest BCUT2D eigenvalue weighted by Crippen LogP contribution is -2.63. The minimum atomic E-state index is -4.85. The highest BCUT2D eigenvalue weighted by atomic mass is 32.2. The van der Waals surface area contributed by atoms with E-state index in [1.165, 1.54) is 0 Å². The van der Waals surface area contributed by atoms with Crippen molar-refractivity contribution in [1.82, 2.24) is 0 Å². The molecular formula is C3H2F4O2S. The molecule has 1 rings (SSSR count). The van der Waals surface area contributed by atoms with Crippen molar-refractivity contribution in [2.75, 3.05) is 5.75 Å². The fraction of sp³-hybridized carbons (Fsp3) is 1.00. The molecule has 1 aliphatic rings. The van der Waals surface area contributed by atoms with Crippen molar-refractivity contribution >= 4 is 9.84 Å². The van der Waals surface area contributed by atoms with E-state index in [1.54, 1.807) is 0 Å². The summed E-state index contributed by atoms with van der Waals surface area (Å²) in [5, 5.41) is -4.85. The van der Waals surface area contributed by atoms with E-state index in [2.05, 4.69) is 0 Å². The zero-order chi connectivity index (χ0) is 8.21. The van der Waals surface area contributed by atoms with Crippen LogP contribution in [0.1, 0.15) is 0 Å². The van der Waals surface area contributed by atoms with Crippen molar-refractivity contribution < 1.29 is 26.0 Å². The molecule has 0 bridgehead atoms. The molecule has 0 saturated carbocycles. The smallest absolute Gasteiger partial charge is 0.222 e. The molecule has 0 spiro atoms. The number of sulfone groups is 1. The van der Waals surface area contributed by atoms with Gasteiger partial charge in [0.25, 0.3) is 0 Å². The van der Waals surface area contributed by atoms with Crippen LogP contribution in [-0.2, 0) is 9.84 Å². The van der Waals surface area contributed by atoms with Crippen molar-refractivity contribution in [3.63, 3.8) is 0 Å². The minimum Gasteiger partial charge on any atom is -0.222 e. The average molecular weight is 178 g/mol. The van der Waals surface area contributed by atoms with Gasteiger partial charge < -0.3 is 0 Å². The van der Waals surface area contributed by atoms with E-state index in [9.17, 15) is 26.0 Å². The van der Waals surface area contributed by atoms with Crippen LogP contribution in [0.2, 0.25) is 0 Å². The van der Waals surface area contributed by atoms with Crippen LogP contribution in [0.5, 0.6) is 0 Å². The normalized spacial score (nSPS) is 32.8. The van der Waals surface area contributed by atoms with Gasteiger partial charge in [0, 0.05) is 0 Å². The van der Waals surface area contributed by atoms with Crippen molar-refractivity contribution in [1.29, 1.82) is 0 Å². The predicted octanol–water partition coefficient (Wildman–Crippen LogP) is 0.643. The Morgan fingerprint density at radius 1 is 1.10 bits per heavy atom. The Kier molecular flexibility index (Phi) is 1.14. The van der Waals surface area contributed by atoms with Crippen LogP contribution in [0.3, 0.4) is 0 Å². The van der Waals surface area contributed by atoms with Gasteiger partial charge in [-0.2, -0.15) is 17.6 Å². The van der Waals surface area contributed by atoms with Gasteiger partial charge in [-0.15, -0.1) is 0 Å². The molecule has 0 aliphatic carbocycles. The number of hydrogen-bond donors (Lipinski definition) is 0. The highest BCUT2D eigenvalue weighted by Crippen LogP contribution is 2.49. The summed E-state index contributed by atoms with van der Waals surface area (Å²) in [5.41, 5.74) is 0. The summed E-state index contributed by atoms with van der Waals surface area (Å²) in [7, 11) is -4.85. The fourth-order valence-corrected chi connectivity index (χ4v) is 1.68. The predicted molar refractivity (Wildman–Crippen MR) is 23.7 cm³/mol. The SMILES string of the molecule is O=S1(=O)CC(F)(F)C1(F)F. The van der Waals surface area contributed by atoms with Gasteiger partial charge in [-0.1, -0.05) is 0 Å². The third kappa shape index (κ3) is 0.609. The lowest BCUT2D eigenvalue weighted by atomic mass is 10.4. The Balaban J connectivity index is 3.08. The number of alkyl halides is 4. The lowest BCUT2D eigenvalue weighted by Gasteiger charge is -2.34. The van der Waals surface area contributed by atoms with Crippen LogP contribution in [-0.4, -0.2) is 25.3 Å². The van der Waals surface area contributed by atoms with E-state index in [1.807, 2.05) is 0 Å². The average Bonchev–Trinajstić information content (AvgIpc) is 1.61. The Bertz CT molecular complexity index is 254. The van der Waals surface area contributed by atoms with Gasteiger partial charge in [0.15, 0.2) is 0 Å². The monoisotopic (exact) mass is 178 g/mol. The molecule has 2 nitrogen and oxygen atoms in total. The van der Waals surface area contributed by atoms with E-state index in [-0.39, 0.29) is 0 Å². The Morgan fingerprint density at radius 2 is 1.50 bits per heavy atom. The van der Waals surface area contributed by atoms with Gasteiger partial charge in [0.05, 0.1) is 0 Å². The van der Waals surface area contributed by atoms with Crippen LogP contribution >= 0.6 is 0 Å². The zero-order valence-corrected chi connectivity index (χ0v) is 5.26. The third-order valence-electron chi connectivity index (χ3n) is 1.19. The molecule has 0 N–H and O–H groups in total. The summed E-state index contributed by atoms with van der Waals surface area (Å²) >= 11 is 0. The highest BCUT2D eigenvalue weighted by molar-refractivity contribution is 7.94. The van der Waals surface area contributed by atoms with Crippen molar-refractivity contribution in [3.8, 4) is 0 Å². The number of rotatable bonds is 0. The largest absolute Gasteiger partial charge is 0.408 e. The van der Waals surface area contributed by atoms with E-state index in [4.69, 9.17) is 0 Å². The van der Waals surface area contributed by atoms with Gasteiger partial charge in [-0.05, 0) is 0 Å². The molecule has 1 aliphatic heterocycles. The second-order valence-corrected chi connectivity index (χ2v) is 4.01. The van der Waals surface area contributed by atoms with Crippen LogP contribution in [0.15, 0.2) is 0 Å². The molecule has 7 heteroatoms. The Morgan fingerprint density at radius 3 is 1.50 bits per heavy atom. The maximum Gasteiger partial charge on any atom is 0.408 e. The van der Waals surface area contributed by atoms with E-state index >= 15 is 0 Å². The van der Waals surface area contributed by atoms with Crippen LogP contribution in [0, 0.1) is 0 Å². The molecule has 0 unspecified atom stereocenters. The maximum atomic E-state index is 11.8. The molecule has 0 atom stereocenters. The summed E-state index contributed by atoms with van der Waals surface area (Å²) in [6, 6.07) is 0. The molecular weight excluding hydrogens is 176 g/mol. The molecule has 1 fully saturated rings. The first-order chi connectivity index (χ1) is 4.21. The first-order valence-corrected chi connectivity index (χ1v) is 3.84. The Labute approximate surface area is 53.8 Å². The van der Waals surface area contributed by atoms with Gasteiger partial charge in [-0.3, -0.25) is 0 Å². The van der Waals surface area contributed by atoms with Crippen molar-refractivity contribution in [3.05, 3.63) is 0 Å². The number of halogens is 4. The van der Waals surface area contributed by atoms with Crippen LogP contribution in [0.4, 0.5) is 17.6 Å². The summed E-state index contributed by atoms with van der Waals surface area (Å²) in [5.74, 6) is -6.11. The molecule has 0 aromatic rings. The summed E-state index contributed by atoms with van der Waals surface area (Å²) in [6.45, 7) is 0. The third-order valence-corrected chi connectivity index (χ3v) is 3.01. The molecule has 0 aromatic heterocycles. The molecule has 1 saturated heterocycles. The van der Waals surface area contributed by atoms with Crippen LogP contribution < -0.4 is 0 Å². The summed E-state index contributed by atoms with van der Waals surface area (Å²) in [6.07, 6.45) is 0. The van der Waals surface area contributed by atoms with Crippen LogP contribution in [0.25, 0.3) is 0 Å². The summed E-state index contributed by atoms with van der Waals surface area (Å²) in [4.78, 5) is 0.